The van der Waals surface area contributed by atoms with Crippen molar-refractivity contribution in [3.05, 3.63) is 101 Å². The largest absolute Gasteiger partial charge is 0.497 e. The van der Waals surface area contributed by atoms with Crippen LogP contribution in [0.3, 0.4) is 0 Å². The lowest BCUT2D eigenvalue weighted by Gasteiger charge is -2.26. The number of nitro groups is 1. The van der Waals surface area contributed by atoms with E-state index in [9.17, 15) is 19.7 Å². The number of methoxy groups -OCH3 is 1. The van der Waals surface area contributed by atoms with Crippen molar-refractivity contribution >= 4 is 23.3 Å². The molecule has 1 heterocycles. The Hall–Kier alpha value is -4.99. The highest BCUT2D eigenvalue weighted by Crippen LogP contribution is 2.26. The van der Waals surface area contributed by atoms with E-state index in [0.717, 1.165) is 5.56 Å². The molecule has 0 bridgehead atoms. The number of amides is 2. The Morgan fingerprint density at radius 2 is 1.74 bits per heavy atom. The third-order valence-electron chi connectivity index (χ3n) is 5.87. The minimum absolute atomic E-state index is 0.135. The van der Waals surface area contributed by atoms with Gasteiger partial charge in [0.25, 0.3) is 11.6 Å². The molecular weight excluding hydrogens is 486 g/mol. The van der Waals surface area contributed by atoms with E-state index in [1.54, 1.807) is 43.8 Å². The Balaban J connectivity index is 1.61. The average Bonchev–Trinajstić information content (AvgIpc) is 3.35. The van der Waals surface area contributed by atoms with Crippen molar-refractivity contribution in [2.45, 2.75) is 19.9 Å². The predicted octanol–water partition coefficient (Wildman–Crippen LogP) is 4.95. The summed E-state index contributed by atoms with van der Waals surface area (Å²) >= 11 is 0. The second-order valence-electron chi connectivity index (χ2n) is 8.77. The van der Waals surface area contributed by atoms with Crippen LogP contribution in [0.5, 0.6) is 5.75 Å². The molecule has 0 unspecified atom stereocenters. The molecule has 3 aromatic carbocycles. The van der Waals surface area contributed by atoms with Gasteiger partial charge in [-0.25, -0.2) is 4.68 Å². The maximum Gasteiger partial charge on any atom is 0.270 e. The fourth-order valence-corrected chi connectivity index (χ4v) is 3.88. The van der Waals surface area contributed by atoms with Gasteiger partial charge in [0.1, 0.15) is 18.1 Å². The lowest BCUT2D eigenvalue weighted by Crippen LogP contribution is -2.42. The Morgan fingerprint density at radius 1 is 1.03 bits per heavy atom. The molecule has 1 aromatic heterocycles. The standard InChI is InChI=1S/C28H27N5O5/c1-19(2)31(28(35)21-10-7-11-23(16-21)33(36)37)18-27(34)29-26-17-25(20-8-5-4-6-9-20)30-32(26)22-12-14-24(38-3)15-13-22/h4-17,19H,18H2,1-3H3,(H,29,34). The van der Waals surface area contributed by atoms with Crippen molar-refractivity contribution in [3.63, 3.8) is 0 Å². The lowest BCUT2D eigenvalue weighted by molar-refractivity contribution is -0.384. The quantitative estimate of drug-likeness (QED) is 0.250. The van der Waals surface area contributed by atoms with E-state index in [1.165, 1.54) is 29.2 Å². The first kappa shape index (κ1) is 26.1. The summed E-state index contributed by atoms with van der Waals surface area (Å²) in [6, 6.07) is 23.7. The predicted molar refractivity (Wildman–Crippen MR) is 143 cm³/mol. The zero-order valence-electron chi connectivity index (χ0n) is 21.2. The van der Waals surface area contributed by atoms with Gasteiger partial charge in [-0.05, 0) is 44.2 Å². The zero-order chi connectivity index (χ0) is 27.2. The minimum Gasteiger partial charge on any atom is -0.497 e. The molecule has 4 aromatic rings. The zero-order valence-corrected chi connectivity index (χ0v) is 21.2. The number of hydrogen-bond acceptors (Lipinski definition) is 6. The van der Waals surface area contributed by atoms with Crippen LogP contribution in [0.2, 0.25) is 0 Å². The topological polar surface area (TPSA) is 120 Å². The van der Waals surface area contributed by atoms with Gasteiger partial charge in [-0.3, -0.25) is 19.7 Å². The van der Waals surface area contributed by atoms with Gasteiger partial charge in [0, 0.05) is 35.4 Å². The monoisotopic (exact) mass is 513 g/mol. The highest BCUT2D eigenvalue weighted by molar-refractivity contribution is 5.99. The Bertz CT molecular complexity index is 1450. The number of nitrogens with zero attached hydrogens (tertiary/aromatic N) is 4. The summed E-state index contributed by atoms with van der Waals surface area (Å²) < 4.78 is 6.86. The van der Waals surface area contributed by atoms with Crippen LogP contribution in [0.15, 0.2) is 84.9 Å². The highest BCUT2D eigenvalue weighted by Gasteiger charge is 2.24. The van der Waals surface area contributed by atoms with Crippen LogP contribution in [0, 0.1) is 10.1 Å². The molecule has 10 heteroatoms. The molecule has 4 rings (SSSR count). The Labute approximate surface area is 219 Å². The number of carbonyl (C=O) groups excluding carboxylic acids is 2. The fourth-order valence-electron chi connectivity index (χ4n) is 3.88. The first-order chi connectivity index (χ1) is 18.3. The van der Waals surface area contributed by atoms with Gasteiger partial charge in [-0.2, -0.15) is 5.10 Å². The molecule has 0 aliphatic carbocycles. The maximum absolute atomic E-state index is 13.2. The molecule has 0 spiro atoms. The second kappa shape index (κ2) is 11.4. The van der Waals surface area contributed by atoms with Crippen LogP contribution < -0.4 is 10.1 Å². The second-order valence-corrected chi connectivity index (χ2v) is 8.77. The van der Waals surface area contributed by atoms with E-state index >= 15 is 0 Å². The number of benzene rings is 3. The summed E-state index contributed by atoms with van der Waals surface area (Å²) in [6.45, 7) is 3.29. The first-order valence-electron chi connectivity index (χ1n) is 11.9. The Morgan fingerprint density at radius 3 is 2.37 bits per heavy atom. The molecule has 0 fully saturated rings. The van der Waals surface area contributed by atoms with Gasteiger partial charge in [0.2, 0.25) is 5.91 Å². The molecular formula is C28H27N5O5. The van der Waals surface area contributed by atoms with E-state index in [-0.39, 0.29) is 23.8 Å². The van der Waals surface area contributed by atoms with Crippen molar-refractivity contribution in [2.75, 3.05) is 19.0 Å². The van der Waals surface area contributed by atoms with Gasteiger partial charge in [-0.15, -0.1) is 0 Å². The number of nitro benzene ring substituents is 1. The van der Waals surface area contributed by atoms with E-state index in [2.05, 4.69) is 5.32 Å². The lowest BCUT2D eigenvalue weighted by atomic mass is 10.1. The summed E-state index contributed by atoms with van der Waals surface area (Å²) in [4.78, 5) is 38.3. The number of anilines is 1. The third-order valence-corrected chi connectivity index (χ3v) is 5.87. The van der Waals surface area contributed by atoms with E-state index < -0.39 is 16.7 Å². The van der Waals surface area contributed by atoms with Crippen molar-refractivity contribution in [3.8, 4) is 22.7 Å². The molecule has 0 saturated heterocycles. The van der Waals surface area contributed by atoms with Crippen molar-refractivity contribution < 1.29 is 19.2 Å². The average molecular weight is 514 g/mol. The summed E-state index contributed by atoms with van der Waals surface area (Å²) in [5, 5.41) is 18.7. The van der Waals surface area contributed by atoms with Gasteiger partial charge in [-0.1, -0.05) is 36.4 Å². The molecule has 0 aliphatic heterocycles. The van der Waals surface area contributed by atoms with E-state index in [1.807, 2.05) is 42.5 Å². The van der Waals surface area contributed by atoms with Crippen LogP contribution in [0.1, 0.15) is 24.2 Å². The fraction of sp³-hybridized carbons (Fsp3) is 0.179. The summed E-state index contributed by atoms with van der Waals surface area (Å²) in [5.74, 6) is 0.187. The summed E-state index contributed by atoms with van der Waals surface area (Å²) in [7, 11) is 1.58. The molecule has 0 radical (unpaired) electrons. The highest BCUT2D eigenvalue weighted by atomic mass is 16.6. The third kappa shape index (κ3) is 5.86. The van der Waals surface area contributed by atoms with Gasteiger partial charge < -0.3 is 15.0 Å². The minimum atomic E-state index is -0.562. The Kier molecular flexibility index (Phi) is 7.81. The number of carbonyl (C=O) groups is 2. The van der Waals surface area contributed by atoms with Crippen LogP contribution in [-0.2, 0) is 4.79 Å². The van der Waals surface area contributed by atoms with Crippen molar-refractivity contribution in [1.29, 1.82) is 0 Å². The molecule has 0 saturated carbocycles. The number of rotatable bonds is 9. The maximum atomic E-state index is 13.2. The van der Waals surface area contributed by atoms with Gasteiger partial charge >= 0.3 is 0 Å². The SMILES string of the molecule is COc1ccc(-n2nc(-c3ccccc3)cc2NC(=O)CN(C(=O)c2cccc([N+](=O)[O-])c2)C(C)C)cc1. The smallest absolute Gasteiger partial charge is 0.270 e. The van der Waals surface area contributed by atoms with E-state index in [4.69, 9.17) is 9.84 Å². The number of non-ortho nitro benzene ring substituents is 1. The summed E-state index contributed by atoms with van der Waals surface area (Å²) in [5.41, 5.74) is 2.18. The molecule has 2 amide bonds. The number of aromatic nitrogens is 2. The first-order valence-corrected chi connectivity index (χ1v) is 11.9. The van der Waals surface area contributed by atoms with Crippen LogP contribution in [0.4, 0.5) is 11.5 Å². The molecule has 0 aliphatic rings. The summed E-state index contributed by atoms with van der Waals surface area (Å²) in [6.07, 6.45) is 0. The van der Waals surface area contributed by atoms with Crippen LogP contribution in [0.25, 0.3) is 16.9 Å². The normalized spacial score (nSPS) is 10.7. The van der Waals surface area contributed by atoms with Gasteiger partial charge in [0.15, 0.2) is 0 Å². The van der Waals surface area contributed by atoms with Crippen molar-refractivity contribution in [2.24, 2.45) is 0 Å². The molecule has 0 atom stereocenters. The van der Waals surface area contributed by atoms with Crippen molar-refractivity contribution in [1.82, 2.24) is 14.7 Å². The van der Waals surface area contributed by atoms with Crippen LogP contribution in [-0.4, -0.2) is 51.1 Å². The molecule has 10 nitrogen and oxygen atoms in total. The van der Waals surface area contributed by atoms with Crippen LogP contribution >= 0.6 is 0 Å². The molecule has 38 heavy (non-hydrogen) atoms. The van der Waals surface area contributed by atoms with E-state index in [0.29, 0.717) is 22.9 Å². The number of hydrogen-bond donors (Lipinski definition) is 1. The number of nitrogens with one attached hydrogen (secondary N) is 1. The number of ether oxygens (including phenoxy) is 1. The molecule has 1 N–H and O–H groups in total. The molecule has 194 valence electrons. The van der Waals surface area contributed by atoms with Gasteiger partial charge in [0.05, 0.1) is 23.4 Å².